The van der Waals surface area contributed by atoms with Gasteiger partial charge in [-0.05, 0) is 154 Å². The van der Waals surface area contributed by atoms with Gasteiger partial charge in [-0.25, -0.2) is 0 Å². The summed E-state index contributed by atoms with van der Waals surface area (Å²) >= 11 is 0. The van der Waals surface area contributed by atoms with E-state index in [4.69, 9.17) is 0 Å². The highest BCUT2D eigenvalue weighted by Gasteiger charge is 2.18. The molecule has 3 N–H and O–H groups in total. The molecule has 9 nitrogen and oxygen atoms in total. The fourth-order valence-electron chi connectivity index (χ4n) is 9.64. The number of aryl methyl sites for hydroxylation is 2. The van der Waals surface area contributed by atoms with Crippen LogP contribution in [-0.2, 0) is 6.42 Å². The number of quaternary nitrogens is 5. The van der Waals surface area contributed by atoms with Crippen LogP contribution < -0.4 is 34.0 Å². The quantitative estimate of drug-likeness (QED) is 0.0511. The van der Waals surface area contributed by atoms with Crippen LogP contribution in [0.1, 0.15) is 185 Å². The predicted molar refractivity (Wildman–Crippen MR) is 304 cm³/mol. The van der Waals surface area contributed by atoms with Gasteiger partial charge >= 0.3 is 0 Å². The van der Waals surface area contributed by atoms with Crippen molar-refractivity contribution in [3.63, 3.8) is 0 Å². The highest BCUT2D eigenvalue weighted by molar-refractivity contribution is 5.21. The molecule has 1 rings (SSSR count). The number of hydrogen-bond donors (Lipinski definition) is 0. The Balaban J connectivity index is -0.000000346. The standard InChI is InChI=1S/C42H84N3.C18H43N3.2BrH.3H2O/c1-39(26-27-40(2)28-31-42-32-29-41(3)30-33-42)25-19-14-12-11-13-15-21-35-44(7,8)36-22-16-17-23-37-45(9,10)38-24-18-20-34-43(4,5)6;1-19(2)15-11-8-9-13-17-21(6,7)18-14-10-12-16-20(3,4)5;;;;;/h29-30,32-33,39-40H,11-28,31,34-38H2,1-10H3;8-18H2,1-7H3;2*1H;3*1H2/q+3;+2;;;;;/p-5. The average Bonchev–Trinajstić information content (AvgIpc) is 3.20. The van der Waals surface area contributed by atoms with Crippen LogP contribution >= 0.6 is 0 Å². The lowest BCUT2D eigenvalue weighted by molar-refractivity contribution is -0.891. The van der Waals surface area contributed by atoms with Gasteiger partial charge in [0.2, 0.25) is 0 Å². The number of hydrogen-bond acceptors (Lipinski definition) is 4. The molecule has 0 saturated heterocycles. The molecule has 0 aliphatic carbocycles. The molecule has 1 aromatic rings. The summed E-state index contributed by atoms with van der Waals surface area (Å²) < 4.78 is 5.84. The topological polar surface area (TPSA) is 93.2 Å². The van der Waals surface area contributed by atoms with Crippen LogP contribution in [-0.4, -0.2) is 201 Å². The minimum atomic E-state index is 0. The van der Waals surface area contributed by atoms with E-state index in [0.29, 0.717) is 0 Å². The lowest BCUT2D eigenvalue weighted by atomic mass is 9.90. The summed E-state index contributed by atoms with van der Waals surface area (Å²) in [6.07, 6.45) is 36.3. The maximum absolute atomic E-state index is 2.49. The maximum Gasteiger partial charge on any atom is 0.0782 e. The SMILES string of the molecule is CN(C)CCCCCC[N+](C)(C)CCCCC[N+](C)(C)C.Cc1ccc(CCC(C)CCC(C)CCCCCCCCC[N+](C)(C)CCCCCC[N+](C)(C)CCCCC[N+](C)(C)C)cc1.[Br-].[Br-].[OH-].[OH-].[OH-]. The van der Waals surface area contributed by atoms with Gasteiger partial charge in [0.25, 0.3) is 0 Å². The second-order valence-corrected chi connectivity index (χ2v) is 26.5. The Morgan fingerprint density at radius 2 is 0.620 bits per heavy atom. The van der Waals surface area contributed by atoms with Gasteiger partial charge in [-0.15, -0.1) is 0 Å². The van der Waals surface area contributed by atoms with E-state index in [1.54, 1.807) is 0 Å². The molecule has 432 valence electrons. The Morgan fingerprint density at radius 1 is 0.352 bits per heavy atom. The van der Waals surface area contributed by atoms with E-state index in [1.807, 2.05) is 0 Å². The zero-order valence-electron chi connectivity index (χ0n) is 51.0. The van der Waals surface area contributed by atoms with E-state index in [2.05, 4.69) is 149 Å². The third-order valence-electron chi connectivity index (χ3n) is 14.7. The molecule has 0 fully saturated rings. The molecule has 0 bridgehead atoms. The third-order valence-corrected chi connectivity index (χ3v) is 14.7. The summed E-state index contributed by atoms with van der Waals surface area (Å²) in [5.41, 5.74) is 2.87. The lowest BCUT2D eigenvalue weighted by Crippen LogP contribution is -3.00. The summed E-state index contributed by atoms with van der Waals surface area (Å²) in [5, 5.41) is 0. The minimum absolute atomic E-state index is 0. The molecular weight excluding hydrogens is 1010 g/mol. The molecule has 0 aliphatic rings. The number of benzene rings is 1. The van der Waals surface area contributed by atoms with Gasteiger partial charge in [-0.3, -0.25) is 0 Å². The van der Waals surface area contributed by atoms with Gasteiger partial charge < -0.3 is 77.7 Å². The molecule has 0 aromatic heterocycles. The van der Waals surface area contributed by atoms with Crippen LogP contribution in [0.25, 0.3) is 0 Å². The van der Waals surface area contributed by atoms with Crippen molar-refractivity contribution in [2.75, 3.05) is 158 Å². The average molecular weight is 1140 g/mol. The van der Waals surface area contributed by atoms with Gasteiger partial charge in [0.1, 0.15) is 0 Å². The van der Waals surface area contributed by atoms with E-state index < -0.39 is 0 Å². The van der Waals surface area contributed by atoms with E-state index in [1.165, 1.54) is 250 Å². The van der Waals surface area contributed by atoms with Crippen molar-refractivity contribution in [1.29, 1.82) is 0 Å². The van der Waals surface area contributed by atoms with Crippen molar-refractivity contribution in [3.8, 4) is 0 Å². The molecule has 11 heteroatoms. The van der Waals surface area contributed by atoms with Gasteiger partial charge in [0.15, 0.2) is 0 Å². The van der Waals surface area contributed by atoms with Crippen molar-refractivity contribution in [3.05, 3.63) is 35.4 Å². The molecule has 0 aliphatic heterocycles. The normalized spacial score (nSPS) is 12.9. The fourth-order valence-corrected chi connectivity index (χ4v) is 9.64. The van der Waals surface area contributed by atoms with E-state index in [9.17, 15) is 0 Å². The second-order valence-electron chi connectivity index (χ2n) is 26.5. The first-order valence-corrected chi connectivity index (χ1v) is 28.6. The highest BCUT2D eigenvalue weighted by Crippen LogP contribution is 2.22. The van der Waals surface area contributed by atoms with Gasteiger partial charge in [0, 0.05) is 0 Å². The molecule has 0 heterocycles. The van der Waals surface area contributed by atoms with E-state index in [0.717, 1.165) is 20.8 Å². The Kier molecular flexibility index (Phi) is 54.5. The van der Waals surface area contributed by atoms with Crippen molar-refractivity contribution < 1.29 is 72.8 Å². The monoisotopic (exact) mass is 1140 g/mol. The van der Waals surface area contributed by atoms with Crippen LogP contribution in [0.4, 0.5) is 0 Å². The summed E-state index contributed by atoms with van der Waals surface area (Å²) in [6, 6.07) is 9.13. The van der Waals surface area contributed by atoms with Crippen LogP contribution in [0, 0.1) is 18.8 Å². The number of nitrogens with zero attached hydrogens (tertiary/aromatic N) is 6. The van der Waals surface area contributed by atoms with Crippen molar-refractivity contribution in [1.82, 2.24) is 4.90 Å². The Bertz CT molecular complexity index is 1250. The predicted octanol–water partition coefficient (Wildman–Crippen LogP) is 7.23. The zero-order valence-corrected chi connectivity index (χ0v) is 54.2. The smallest absolute Gasteiger partial charge is 0.0782 e. The van der Waals surface area contributed by atoms with Crippen LogP contribution in [0.15, 0.2) is 24.3 Å². The zero-order chi connectivity index (χ0) is 50.0. The van der Waals surface area contributed by atoms with Crippen molar-refractivity contribution in [2.24, 2.45) is 11.8 Å². The molecule has 1 aromatic carbocycles. The van der Waals surface area contributed by atoms with Gasteiger partial charge in [0.05, 0.1) is 137 Å². The molecule has 2 unspecified atom stereocenters. The summed E-state index contributed by atoms with van der Waals surface area (Å²) in [7, 11) is 32.7. The van der Waals surface area contributed by atoms with Crippen molar-refractivity contribution in [2.45, 2.75) is 188 Å². The Hall–Kier alpha value is -0.180. The first kappa shape index (κ1) is 82.2. The van der Waals surface area contributed by atoms with E-state index >= 15 is 0 Å². The van der Waals surface area contributed by atoms with Crippen LogP contribution in [0.2, 0.25) is 0 Å². The summed E-state index contributed by atoms with van der Waals surface area (Å²) in [5.74, 6) is 1.75. The molecule has 0 radical (unpaired) electrons. The number of unbranched alkanes of at least 4 members (excludes halogenated alkanes) is 16. The highest BCUT2D eigenvalue weighted by atomic mass is 79.9. The molecule has 0 amide bonds. The largest absolute Gasteiger partial charge is 1.00 e. The van der Waals surface area contributed by atoms with Crippen LogP contribution in [0.5, 0.6) is 0 Å². The minimum Gasteiger partial charge on any atom is -1.00 e. The molecule has 0 spiro atoms. The number of halogens is 2. The first-order valence-electron chi connectivity index (χ1n) is 28.6. The molecular formula is C60H130Br2N6O3. The second kappa shape index (κ2) is 47.1. The van der Waals surface area contributed by atoms with E-state index in [-0.39, 0.29) is 50.4 Å². The molecule has 71 heavy (non-hydrogen) atoms. The summed E-state index contributed by atoms with van der Waals surface area (Å²) in [4.78, 5) is 2.29. The van der Waals surface area contributed by atoms with Gasteiger partial charge in [-0.2, -0.15) is 0 Å². The Morgan fingerprint density at radius 3 is 0.944 bits per heavy atom. The summed E-state index contributed by atoms with van der Waals surface area (Å²) in [6.45, 7) is 19.1. The number of rotatable bonds is 42. The maximum atomic E-state index is 2.49. The fraction of sp³-hybridized carbons (Fsp3) is 0.900. The first-order chi connectivity index (χ1) is 30.8. The third kappa shape index (κ3) is 58.9. The Labute approximate surface area is 467 Å². The molecule has 2 atom stereocenters. The van der Waals surface area contributed by atoms with Crippen molar-refractivity contribution >= 4 is 0 Å². The molecule has 0 saturated carbocycles. The lowest BCUT2D eigenvalue weighted by Gasteiger charge is -2.31. The van der Waals surface area contributed by atoms with Crippen LogP contribution in [0.3, 0.4) is 0 Å². The van der Waals surface area contributed by atoms with Gasteiger partial charge in [-0.1, -0.05) is 101 Å².